The number of nitrogens with zero attached hydrogens (tertiary/aromatic N) is 1. The van der Waals surface area contributed by atoms with E-state index in [2.05, 4.69) is 4.90 Å². The molecule has 42 heavy (non-hydrogen) atoms. The van der Waals surface area contributed by atoms with Gasteiger partial charge in [-0.1, -0.05) is 12.1 Å². The maximum Gasteiger partial charge on any atom is 0.255 e. The van der Waals surface area contributed by atoms with Gasteiger partial charge < -0.3 is 35.6 Å². The topological polar surface area (TPSA) is 180 Å². The van der Waals surface area contributed by atoms with Crippen LogP contribution in [0.15, 0.2) is 47.2 Å². The number of ether oxygens (including phenoxy) is 2. The SMILES string of the molecule is COc1ccc(CN2CCOCC2)cc1-c1ccc(O)c2c1CC1CC3CC(=O)C(C(N)=O)=C(O)C3(O)C(=O)C1=C2O. The maximum atomic E-state index is 13.8. The number of methoxy groups -OCH3 is 1. The molecule has 6 rings (SSSR count). The number of nitrogens with two attached hydrogens (primary N) is 1. The molecule has 3 unspecified atom stereocenters. The molecule has 1 amide bonds. The smallest absolute Gasteiger partial charge is 0.255 e. The van der Waals surface area contributed by atoms with Crippen molar-refractivity contribution in [1.29, 1.82) is 0 Å². The molecule has 3 aliphatic carbocycles. The first-order chi connectivity index (χ1) is 20.1. The van der Waals surface area contributed by atoms with Crippen LogP contribution in [0.25, 0.3) is 16.9 Å². The van der Waals surface area contributed by atoms with Gasteiger partial charge in [0.15, 0.2) is 11.4 Å². The van der Waals surface area contributed by atoms with Crippen LogP contribution in [-0.4, -0.2) is 81.8 Å². The average Bonchev–Trinajstić information content (AvgIpc) is 2.95. The molecule has 11 heteroatoms. The molecule has 4 aliphatic rings. The molecule has 0 aromatic heterocycles. The summed E-state index contributed by atoms with van der Waals surface area (Å²) in [5.74, 6) is -5.98. The predicted molar refractivity (Wildman–Crippen MR) is 149 cm³/mol. The number of amides is 1. The van der Waals surface area contributed by atoms with E-state index in [1.807, 2.05) is 18.2 Å². The number of hydrogen-bond acceptors (Lipinski definition) is 10. The van der Waals surface area contributed by atoms with Crippen LogP contribution in [0.2, 0.25) is 0 Å². The minimum atomic E-state index is -2.60. The van der Waals surface area contributed by atoms with Crippen molar-refractivity contribution in [2.24, 2.45) is 17.6 Å². The summed E-state index contributed by atoms with van der Waals surface area (Å²) in [6.45, 7) is 3.67. The minimum absolute atomic E-state index is 0.0419. The quantitative estimate of drug-likeness (QED) is 0.330. The number of aliphatic hydroxyl groups is 3. The van der Waals surface area contributed by atoms with Gasteiger partial charge in [0.1, 0.15) is 28.6 Å². The highest BCUT2D eigenvalue weighted by molar-refractivity contribution is 6.22. The number of benzene rings is 2. The molecule has 1 heterocycles. The van der Waals surface area contributed by atoms with Gasteiger partial charge in [0.05, 0.1) is 25.9 Å². The van der Waals surface area contributed by atoms with Crippen LogP contribution in [0.4, 0.5) is 0 Å². The van der Waals surface area contributed by atoms with Gasteiger partial charge in [-0.15, -0.1) is 0 Å². The number of morpholine rings is 1. The monoisotopic (exact) mass is 576 g/mol. The second-order valence-electron chi connectivity index (χ2n) is 11.3. The van der Waals surface area contributed by atoms with Crippen LogP contribution in [0.5, 0.6) is 11.5 Å². The molecule has 3 atom stereocenters. The van der Waals surface area contributed by atoms with Crippen molar-refractivity contribution in [2.75, 3.05) is 33.4 Å². The fourth-order valence-electron chi connectivity index (χ4n) is 6.96. The Hall–Kier alpha value is -4.19. The first-order valence-corrected chi connectivity index (χ1v) is 13.9. The van der Waals surface area contributed by atoms with Crippen LogP contribution in [0.1, 0.15) is 29.5 Å². The van der Waals surface area contributed by atoms with Gasteiger partial charge in [-0.3, -0.25) is 19.3 Å². The average molecular weight is 577 g/mol. The fraction of sp³-hybridized carbons (Fsp3) is 0.387. The number of aromatic hydroxyl groups is 1. The first-order valence-electron chi connectivity index (χ1n) is 13.9. The highest BCUT2D eigenvalue weighted by atomic mass is 16.5. The number of rotatable bonds is 5. The van der Waals surface area contributed by atoms with Gasteiger partial charge in [0.2, 0.25) is 5.78 Å². The van der Waals surface area contributed by atoms with E-state index in [1.54, 1.807) is 13.2 Å². The van der Waals surface area contributed by atoms with E-state index in [0.717, 1.165) is 24.2 Å². The second-order valence-corrected chi connectivity index (χ2v) is 11.3. The Labute approximate surface area is 241 Å². The summed E-state index contributed by atoms with van der Waals surface area (Å²) in [5, 5.41) is 44.6. The van der Waals surface area contributed by atoms with E-state index >= 15 is 0 Å². The van der Waals surface area contributed by atoms with E-state index in [9.17, 15) is 34.8 Å². The molecule has 1 saturated heterocycles. The number of Topliss-reactive ketones (excluding diaryl/α,β-unsaturated/α-hetero) is 2. The van der Waals surface area contributed by atoms with E-state index in [0.29, 0.717) is 36.6 Å². The van der Waals surface area contributed by atoms with Crippen LogP contribution < -0.4 is 10.5 Å². The van der Waals surface area contributed by atoms with Gasteiger partial charge in [-0.25, -0.2) is 0 Å². The van der Waals surface area contributed by atoms with E-state index in [1.165, 1.54) is 6.07 Å². The number of aliphatic hydroxyl groups excluding tert-OH is 2. The molecule has 6 N–H and O–H groups in total. The zero-order chi connectivity index (χ0) is 29.9. The summed E-state index contributed by atoms with van der Waals surface area (Å²) in [7, 11) is 1.56. The lowest BCUT2D eigenvalue weighted by Crippen LogP contribution is -2.58. The first kappa shape index (κ1) is 28.0. The predicted octanol–water partition coefficient (Wildman–Crippen LogP) is 1.93. The summed E-state index contributed by atoms with van der Waals surface area (Å²) < 4.78 is 11.1. The lowest BCUT2D eigenvalue weighted by molar-refractivity contribution is -0.147. The summed E-state index contributed by atoms with van der Waals surface area (Å²) >= 11 is 0. The Kier molecular flexibility index (Phi) is 6.83. The van der Waals surface area contributed by atoms with Gasteiger partial charge in [0, 0.05) is 43.1 Å². The van der Waals surface area contributed by atoms with Crippen LogP contribution in [0, 0.1) is 11.8 Å². The third-order valence-electron chi connectivity index (χ3n) is 9.01. The Balaban J connectivity index is 1.47. The second kappa shape index (κ2) is 10.3. The van der Waals surface area contributed by atoms with Gasteiger partial charge in [-0.05, 0) is 53.6 Å². The Bertz CT molecular complexity index is 1590. The molecule has 0 radical (unpaired) electrons. The third-order valence-corrected chi connectivity index (χ3v) is 9.01. The molecule has 2 aromatic rings. The van der Waals surface area contributed by atoms with Crippen molar-refractivity contribution in [2.45, 2.75) is 31.4 Å². The third kappa shape index (κ3) is 4.19. The summed E-state index contributed by atoms with van der Waals surface area (Å²) in [5.41, 5.74) is 4.78. The van der Waals surface area contributed by atoms with E-state index < -0.39 is 52.0 Å². The molecule has 2 aromatic carbocycles. The van der Waals surface area contributed by atoms with Crippen molar-refractivity contribution in [3.8, 4) is 22.6 Å². The summed E-state index contributed by atoms with van der Waals surface area (Å²) in [4.78, 5) is 40.6. The largest absolute Gasteiger partial charge is 0.508 e. The highest BCUT2D eigenvalue weighted by Gasteiger charge is 2.60. The normalized spacial score (nSPS) is 26.0. The number of fused-ring (bicyclic) bond motifs is 3. The number of carbonyl (C=O) groups excluding carboxylic acids is 3. The molecule has 220 valence electrons. The Morgan fingerprint density at radius 1 is 1.10 bits per heavy atom. The van der Waals surface area contributed by atoms with Crippen LogP contribution in [0.3, 0.4) is 0 Å². The van der Waals surface area contributed by atoms with Crippen LogP contribution >= 0.6 is 0 Å². The number of phenolic OH excluding ortho intramolecular Hbond substituents is 1. The van der Waals surface area contributed by atoms with E-state index in [-0.39, 0.29) is 36.1 Å². The fourth-order valence-corrected chi connectivity index (χ4v) is 6.96. The van der Waals surface area contributed by atoms with E-state index in [4.69, 9.17) is 15.2 Å². The van der Waals surface area contributed by atoms with Crippen molar-refractivity contribution in [1.82, 2.24) is 4.90 Å². The molecule has 11 nitrogen and oxygen atoms in total. The van der Waals surface area contributed by atoms with Gasteiger partial charge in [0.25, 0.3) is 5.91 Å². The maximum absolute atomic E-state index is 13.8. The van der Waals surface area contributed by atoms with Gasteiger partial charge >= 0.3 is 0 Å². The lowest BCUT2D eigenvalue weighted by Gasteiger charge is -2.46. The van der Waals surface area contributed by atoms with Gasteiger partial charge in [-0.2, -0.15) is 0 Å². The molecule has 1 aliphatic heterocycles. The molecule has 0 bridgehead atoms. The standard InChI is InChI=1S/C31H32N2O9/c1-41-23-5-2-15(14-33-6-8-42-9-7-33)10-19(23)18-3-4-21(34)25-20(18)12-16-11-17-13-22(35)26(30(32)39)29(38)31(17,40)28(37)24(16)27(25)36/h2-5,10,16-17,34,36,38,40H,6-9,11-14H2,1H3,(H2,32,39). The Morgan fingerprint density at radius 3 is 2.52 bits per heavy atom. The van der Waals surface area contributed by atoms with Crippen molar-refractivity contribution < 1.29 is 44.3 Å². The minimum Gasteiger partial charge on any atom is -0.508 e. The Morgan fingerprint density at radius 2 is 1.83 bits per heavy atom. The summed E-state index contributed by atoms with van der Waals surface area (Å²) in [6, 6.07) is 9.03. The number of hydrogen-bond donors (Lipinski definition) is 5. The molecule has 1 saturated carbocycles. The van der Waals surface area contributed by atoms with Crippen LogP contribution in [-0.2, 0) is 32.1 Å². The number of primary amides is 1. The molecular formula is C31H32N2O9. The lowest BCUT2D eigenvalue weighted by atomic mass is 9.59. The zero-order valence-electron chi connectivity index (χ0n) is 23.1. The number of phenols is 1. The summed E-state index contributed by atoms with van der Waals surface area (Å²) in [6.07, 6.45) is -0.104. The molecular weight excluding hydrogens is 544 g/mol. The number of carbonyl (C=O) groups is 3. The van der Waals surface area contributed by atoms with Crippen molar-refractivity contribution in [3.05, 3.63) is 63.9 Å². The molecule has 0 spiro atoms. The van der Waals surface area contributed by atoms with Crippen molar-refractivity contribution >= 4 is 23.2 Å². The molecule has 2 fully saturated rings. The highest BCUT2D eigenvalue weighted by Crippen LogP contribution is 2.53. The zero-order valence-corrected chi connectivity index (χ0v) is 23.1. The van der Waals surface area contributed by atoms with Crippen molar-refractivity contribution in [3.63, 3.8) is 0 Å². The number of ketones is 2.